The third kappa shape index (κ3) is 3.79. The van der Waals surface area contributed by atoms with Crippen molar-refractivity contribution in [3.63, 3.8) is 0 Å². The van der Waals surface area contributed by atoms with Crippen molar-refractivity contribution in [1.29, 1.82) is 0 Å². The Kier molecular flexibility index (Phi) is 5.76. The Morgan fingerprint density at radius 3 is 2.27 bits per heavy atom. The summed E-state index contributed by atoms with van der Waals surface area (Å²) in [5, 5.41) is 59.7. The van der Waals surface area contributed by atoms with E-state index in [2.05, 4.69) is 10.2 Å². The number of phenolic OH excluding ortho intramolecular Hbond substituents is 1. The highest BCUT2D eigenvalue weighted by Gasteiger charge is 2.43. The maximum absolute atomic E-state index is 10.2. The maximum atomic E-state index is 10.2. The number of fused-ring (bicyclic) bond motifs is 1. The van der Waals surface area contributed by atoms with Crippen molar-refractivity contribution in [3.05, 3.63) is 66.2 Å². The van der Waals surface area contributed by atoms with Crippen LogP contribution in [0.4, 0.5) is 11.4 Å². The molecule has 0 unspecified atom stereocenters. The number of nitrogens with zero attached hydrogens (tertiary/aromatic N) is 2. The number of aromatic hydroxyl groups is 1. The molecule has 0 bridgehead atoms. The van der Waals surface area contributed by atoms with E-state index in [9.17, 15) is 25.5 Å². The highest BCUT2D eigenvalue weighted by molar-refractivity contribution is 5.95. The lowest BCUT2D eigenvalue weighted by atomic mass is 9.91. The summed E-state index contributed by atoms with van der Waals surface area (Å²) in [4.78, 5) is 0. The largest absolute Gasteiger partial charge is 0.506 e. The highest BCUT2D eigenvalue weighted by Crippen LogP contribution is 2.37. The Morgan fingerprint density at radius 2 is 1.53 bits per heavy atom. The quantitative estimate of drug-likeness (QED) is 0.419. The van der Waals surface area contributed by atoms with Crippen LogP contribution in [0.25, 0.3) is 10.8 Å². The molecule has 1 fully saturated rings. The molecule has 0 amide bonds. The lowest BCUT2D eigenvalue weighted by Crippen LogP contribution is -2.55. The van der Waals surface area contributed by atoms with Crippen molar-refractivity contribution in [3.8, 4) is 5.75 Å². The van der Waals surface area contributed by atoms with Crippen LogP contribution in [0, 0.1) is 0 Å². The van der Waals surface area contributed by atoms with Gasteiger partial charge in [0, 0.05) is 5.39 Å². The third-order valence-corrected chi connectivity index (χ3v) is 5.26. The molecule has 1 heterocycles. The molecule has 1 aliphatic heterocycles. The van der Waals surface area contributed by atoms with E-state index >= 15 is 0 Å². The second kappa shape index (κ2) is 8.47. The number of aliphatic hydroxyl groups excluding tert-OH is 4. The fourth-order valence-corrected chi connectivity index (χ4v) is 3.56. The van der Waals surface area contributed by atoms with Crippen LogP contribution in [0.15, 0.2) is 70.9 Å². The van der Waals surface area contributed by atoms with Crippen molar-refractivity contribution < 1.29 is 30.3 Å². The molecule has 5 N–H and O–H groups in total. The summed E-state index contributed by atoms with van der Waals surface area (Å²) in [5.74, 6) is 0.0235. The standard InChI is InChI=1S/C22H22N2O6/c25-11-17-19(27)20(28)21(29)22(30-17)13-5-8-14(9-6-13)23-24-18-15-4-2-1-3-12(15)7-10-16(18)26/h1-10,17,19-22,25-29H,11H2/t17-,19-,20+,21-,22-/m1/s1. The SMILES string of the molecule is OC[C@H]1O[C@H](c2ccc(N=Nc3c(O)ccc4ccccc34)cc2)[C@H](O)[C@@H](O)[C@@H]1O. The van der Waals surface area contributed by atoms with Crippen LogP contribution in [-0.4, -0.2) is 56.6 Å². The maximum Gasteiger partial charge on any atom is 0.143 e. The van der Waals surface area contributed by atoms with Crippen LogP contribution in [0.3, 0.4) is 0 Å². The topological polar surface area (TPSA) is 135 Å². The fraction of sp³-hybridized carbons (Fsp3) is 0.273. The predicted octanol–water partition coefficient (Wildman–Crippen LogP) is 2.48. The molecule has 0 aromatic heterocycles. The van der Waals surface area contributed by atoms with Crippen LogP contribution >= 0.6 is 0 Å². The molecule has 0 radical (unpaired) electrons. The minimum atomic E-state index is -1.44. The summed E-state index contributed by atoms with van der Waals surface area (Å²) in [6, 6.07) is 17.5. The second-order valence-corrected chi connectivity index (χ2v) is 7.20. The number of ether oxygens (including phenoxy) is 1. The molecule has 1 aliphatic rings. The smallest absolute Gasteiger partial charge is 0.143 e. The van der Waals surface area contributed by atoms with Gasteiger partial charge in [-0.1, -0.05) is 42.5 Å². The number of phenols is 1. The van der Waals surface area contributed by atoms with Crippen molar-refractivity contribution in [2.24, 2.45) is 10.2 Å². The molecule has 5 atom stereocenters. The molecule has 3 aromatic rings. The Bertz CT molecular complexity index is 1050. The van der Waals surface area contributed by atoms with Gasteiger partial charge in [0.2, 0.25) is 0 Å². The number of azo groups is 1. The zero-order valence-electron chi connectivity index (χ0n) is 15.9. The number of hydrogen-bond donors (Lipinski definition) is 5. The van der Waals surface area contributed by atoms with E-state index in [0.717, 1.165) is 10.8 Å². The minimum Gasteiger partial charge on any atom is -0.506 e. The summed E-state index contributed by atoms with van der Waals surface area (Å²) < 4.78 is 5.55. The van der Waals surface area contributed by atoms with Crippen molar-refractivity contribution in [2.45, 2.75) is 30.5 Å². The van der Waals surface area contributed by atoms with Gasteiger partial charge in [0.1, 0.15) is 42.0 Å². The van der Waals surface area contributed by atoms with E-state index in [1.165, 1.54) is 0 Å². The molecule has 156 valence electrons. The van der Waals surface area contributed by atoms with E-state index in [0.29, 0.717) is 16.9 Å². The lowest BCUT2D eigenvalue weighted by Gasteiger charge is -2.40. The minimum absolute atomic E-state index is 0.0235. The van der Waals surface area contributed by atoms with Crippen LogP contribution in [0.1, 0.15) is 11.7 Å². The van der Waals surface area contributed by atoms with Gasteiger partial charge in [-0.15, -0.1) is 5.11 Å². The van der Waals surface area contributed by atoms with E-state index in [1.807, 2.05) is 24.3 Å². The molecule has 8 heteroatoms. The highest BCUT2D eigenvalue weighted by atomic mass is 16.5. The van der Waals surface area contributed by atoms with E-state index in [4.69, 9.17) is 4.74 Å². The monoisotopic (exact) mass is 410 g/mol. The summed E-state index contributed by atoms with van der Waals surface area (Å²) in [5.41, 5.74) is 1.43. The average molecular weight is 410 g/mol. The van der Waals surface area contributed by atoms with Gasteiger partial charge in [-0.3, -0.25) is 0 Å². The first-order chi connectivity index (χ1) is 14.5. The summed E-state index contributed by atoms with van der Waals surface area (Å²) >= 11 is 0. The van der Waals surface area contributed by atoms with E-state index < -0.39 is 37.1 Å². The molecule has 8 nitrogen and oxygen atoms in total. The molecular weight excluding hydrogens is 388 g/mol. The van der Waals surface area contributed by atoms with Crippen LogP contribution in [0.2, 0.25) is 0 Å². The summed E-state index contributed by atoms with van der Waals surface area (Å²) in [6.45, 7) is -0.484. The molecule has 0 aliphatic carbocycles. The van der Waals surface area contributed by atoms with Crippen molar-refractivity contribution in [2.75, 3.05) is 6.61 Å². The molecule has 1 saturated heterocycles. The normalized spacial score (nSPS) is 27.0. The first-order valence-electron chi connectivity index (χ1n) is 9.52. The third-order valence-electron chi connectivity index (χ3n) is 5.26. The Labute approximate surface area is 172 Å². The summed E-state index contributed by atoms with van der Waals surface area (Å²) in [7, 11) is 0. The van der Waals surface area contributed by atoms with Gasteiger partial charge < -0.3 is 30.3 Å². The molecule has 3 aromatic carbocycles. The Balaban J connectivity index is 1.57. The fourth-order valence-electron chi connectivity index (χ4n) is 3.56. The van der Waals surface area contributed by atoms with Gasteiger partial charge in [-0.2, -0.15) is 5.11 Å². The van der Waals surface area contributed by atoms with Gasteiger partial charge >= 0.3 is 0 Å². The Hall–Kier alpha value is -2.88. The zero-order chi connectivity index (χ0) is 21.3. The second-order valence-electron chi connectivity index (χ2n) is 7.20. The first-order valence-corrected chi connectivity index (χ1v) is 9.52. The molecule has 0 spiro atoms. The number of rotatable bonds is 4. The van der Waals surface area contributed by atoms with Crippen LogP contribution < -0.4 is 0 Å². The molecule has 30 heavy (non-hydrogen) atoms. The van der Waals surface area contributed by atoms with Crippen LogP contribution in [-0.2, 0) is 4.74 Å². The average Bonchev–Trinajstić information content (AvgIpc) is 2.77. The van der Waals surface area contributed by atoms with E-state index in [1.54, 1.807) is 36.4 Å². The predicted molar refractivity (Wildman–Crippen MR) is 109 cm³/mol. The molecule has 4 rings (SSSR count). The van der Waals surface area contributed by atoms with Gasteiger partial charge in [0.15, 0.2) is 0 Å². The molecule has 0 saturated carbocycles. The van der Waals surface area contributed by atoms with Gasteiger partial charge in [-0.05, 0) is 29.1 Å². The lowest BCUT2D eigenvalue weighted by molar-refractivity contribution is -0.231. The number of benzene rings is 3. The number of aliphatic hydroxyl groups is 4. The van der Waals surface area contributed by atoms with E-state index in [-0.39, 0.29) is 5.75 Å². The zero-order valence-corrected chi connectivity index (χ0v) is 15.9. The Morgan fingerprint density at radius 1 is 0.800 bits per heavy atom. The van der Waals surface area contributed by atoms with Gasteiger partial charge in [0.25, 0.3) is 0 Å². The van der Waals surface area contributed by atoms with Gasteiger partial charge in [-0.25, -0.2) is 0 Å². The first kappa shape index (κ1) is 20.4. The van der Waals surface area contributed by atoms with Gasteiger partial charge in [0.05, 0.1) is 12.3 Å². The van der Waals surface area contributed by atoms with Crippen LogP contribution in [0.5, 0.6) is 5.75 Å². The number of hydrogen-bond acceptors (Lipinski definition) is 8. The summed E-state index contributed by atoms with van der Waals surface area (Å²) in [6.07, 6.45) is -6.06. The van der Waals surface area contributed by atoms with Crippen molar-refractivity contribution >= 4 is 22.1 Å². The molecular formula is C22H22N2O6. The van der Waals surface area contributed by atoms with Crippen molar-refractivity contribution in [1.82, 2.24) is 0 Å².